The van der Waals surface area contributed by atoms with Gasteiger partial charge < -0.3 is 5.11 Å². The fourth-order valence-corrected chi connectivity index (χ4v) is 2.91. The van der Waals surface area contributed by atoms with E-state index in [1.807, 2.05) is 36.0 Å². The maximum Gasteiger partial charge on any atom is 0.160 e. The monoisotopic (exact) mass is 390 g/mol. The number of hydrogen-bond donors (Lipinski definition) is 1. The van der Waals surface area contributed by atoms with Gasteiger partial charge in [0.1, 0.15) is 5.69 Å². The molecule has 0 aromatic carbocycles. The van der Waals surface area contributed by atoms with E-state index in [1.54, 1.807) is 6.92 Å². The minimum absolute atomic E-state index is 0.250. The lowest BCUT2D eigenvalue weighted by atomic mass is 10.1. The smallest absolute Gasteiger partial charge is 0.160 e. The predicted molar refractivity (Wildman–Crippen MR) is 117 cm³/mol. The van der Waals surface area contributed by atoms with Gasteiger partial charge in [-0.25, -0.2) is 0 Å². The van der Waals surface area contributed by atoms with E-state index in [1.165, 1.54) is 29.8 Å². The Morgan fingerprint density at radius 2 is 1.96 bits per heavy atom. The van der Waals surface area contributed by atoms with E-state index >= 15 is 0 Å². The number of allylic oxidation sites excluding steroid dienone is 4. The lowest BCUT2D eigenvalue weighted by Gasteiger charge is -1.94. The van der Waals surface area contributed by atoms with Crippen LogP contribution in [0.4, 0.5) is 0 Å². The zero-order valence-corrected chi connectivity index (χ0v) is 18.1. The molecule has 5 heteroatoms. The van der Waals surface area contributed by atoms with Crippen LogP contribution < -0.4 is 0 Å². The van der Waals surface area contributed by atoms with Crippen LogP contribution in [-0.4, -0.2) is 27.8 Å². The molecule has 0 aliphatic carbocycles. The molecule has 0 unspecified atom stereocenters. The molecule has 0 aliphatic heterocycles. The summed E-state index contributed by atoms with van der Waals surface area (Å²) in [6.45, 7) is 11.3. The molecule has 27 heavy (non-hydrogen) atoms. The minimum atomic E-state index is 0.250. The second kappa shape index (κ2) is 16.2. The number of hydrogen-bond acceptors (Lipinski definition) is 4. The van der Waals surface area contributed by atoms with Crippen LogP contribution in [0.25, 0.3) is 10.6 Å². The van der Waals surface area contributed by atoms with Gasteiger partial charge in [-0.2, -0.15) is 5.10 Å². The van der Waals surface area contributed by atoms with Gasteiger partial charge in [-0.1, -0.05) is 37.1 Å². The van der Waals surface area contributed by atoms with Gasteiger partial charge >= 0.3 is 0 Å². The van der Waals surface area contributed by atoms with Crippen LogP contribution in [0, 0.1) is 0 Å². The maximum absolute atomic E-state index is 10.5. The van der Waals surface area contributed by atoms with Crippen molar-refractivity contribution in [1.82, 2.24) is 9.78 Å². The number of carbonyl (C=O) groups is 1. The molecule has 0 fully saturated rings. The Bertz CT molecular complexity index is 684. The topological polar surface area (TPSA) is 55.1 Å². The number of aldehydes is 1. The van der Waals surface area contributed by atoms with E-state index in [4.69, 9.17) is 5.11 Å². The molecular weight excluding hydrogens is 356 g/mol. The van der Waals surface area contributed by atoms with E-state index in [2.05, 4.69) is 44.1 Å². The number of rotatable bonds is 7. The lowest BCUT2D eigenvalue weighted by Crippen LogP contribution is -1.93. The highest BCUT2D eigenvalue weighted by Crippen LogP contribution is 2.25. The van der Waals surface area contributed by atoms with Gasteiger partial charge in [-0.15, -0.1) is 11.3 Å². The highest BCUT2D eigenvalue weighted by Gasteiger charge is 2.04. The molecule has 0 radical (unpaired) electrons. The molecule has 0 amide bonds. The number of aliphatic hydroxyl groups excluding tert-OH is 1. The number of carbonyl (C=O) groups excluding carboxylic acids is 1. The van der Waals surface area contributed by atoms with E-state index < -0.39 is 0 Å². The van der Waals surface area contributed by atoms with Gasteiger partial charge in [0.15, 0.2) is 6.29 Å². The van der Waals surface area contributed by atoms with Crippen molar-refractivity contribution >= 4 is 17.6 Å². The summed E-state index contributed by atoms with van der Waals surface area (Å²) in [4.78, 5) is 12.3. The molecule has 1 N–H and O–H groups in total. The van der Waals surface area contributed by atoms with E-state index in [-0.39, 0.29) is 6.61 Å². The Kier molecular flexibility index (Phi) is 15.0. The van der Waals surface area contributed by atoms with Gasteiger partial charge in [-0.05, 0) is 58.7 Å². The van der Waals surface area contributed by atoms with Crippen molar-refractivity contribution in [2.45, 2.75) is 60.4 Å². The molecule has 150 valence electrons. The zero-order valence-electron chi connectivity index (χ0n) is 17.3. The predicted octanol–water partition coefficient (Wildman–Crippen LogP) is 6.14. The molecule has 2 heterocycles. The minimum Gasteiger partial charge on any atom is -0.397 e. The average molecular weight is 391 g/mol. The first-order valence-electron chi connectivity index (χ1n) is 9.52. The van der Waals surface area contributed by atoms with E-state index in [9.17, 15) is 4.79 Å². The fourth-order valence-electron chi connectivity index (χ4n) is 2.12. The van der Waals surface area contributed by atoms with Gasteiger partial charge in [0.25, 0.3) is 0 Å². The lowest BCUT2D eigenvalue weighted by molar-refractivity contribution is 0.112. The number of aromatic nitrogens is 2. The standard InChI is InChI=1S/C10H10N2OS.C10H18.C2H6O/c1-2-12-6-5-9(11-12)10-4-3-8(7-13)14-10;1-4-6-7-9-10(3)8-5-2;1-2-3/h3-7H,2H2,1H3;4,6,9H,5,7-8H2,1-3H3;3H,2H2,1H3/b;6-4-,10-9+;. The summed E-state index contributed by atoms with van der Waals surface area (Å²) in [5.41, 5.74) is 2.45. The van der Waals surface area contributed by atoms with Crippen molar-refractivity contribution in [3.8, 4) is 10.6 Å². The first-order valence-corrected chi connectivity index (χ1v) is 10.3. The van der Waals surface area contributed by atoms with Crippen molar-refractivity contribution in [2.24, 2.45) is 0 Å². The SMILES string of the molecule is C/C=C\C/C=C(\C)CCC.CCO.CCn1ccc(-c2ccc(C=O)s2)n1. The second-order valence-corrected chi connectivity index (χ2v) is 6.91. The second-order valence-electron chi connectivity index (χ2n) is 5.80. The molecular formula is C22H34N2O2S. The number of aliphatic hydroxyl groups is 1. The normalized spacial score (nSPS) is 10.8. The Hall–Kier alpha value is -1.98. The van der Waals surface area contributed by atoms with Gasteiger partial charge in [0.2, 0.25) is 0 Å². The van der Waals surface area contributed by atoms with Crippen molar-refractivity contribution in [3.63, 3.8) is 0 Å². The van der Waals surface area contributed by atoms with Crippen LogP contribution in [0.2, 0.25) is 0 Å². The molecule has 2 aromatic rings. The molecule has 0 atom stereocenters. The van der Waals surface area contributed by atoms with Crippen molar-refractivity contribution < 1.29 is 9.90 Å². The van der Waals surface area contributed by atoms with Crippen LogP contribution >= 0.6 is 11.3 Å². The van der Waals surface area contributed by atoms with Crippen molar-refractivity contribution in [1.29, 1.82) is 0 Å². The molecule has 4 nitrogen and oxygen atoms in total. The van der Waals surface area contributed by atoms with Crippen molar-refractivity contribution in [2.75, 3.05) is 6.61 Å². The van der Waals surface area contributed by atoms with Gasteiger partial charge in [-0.3, -0.25) is 9.48 Å². The third kappa shape index (κ3) is 11.4. The molecule has 0 spiro atoms. The summed E-state index contributed by atoms with van der Waals surface area (Å²) in [5, 5.41) is 11.9. The summed E-state index contributed by atoms with van der Waals surface area (Å²) < 4.78 is 1.87. The van der Waals surface area contributed by atoms with E-state index in [0.717, 1.165) is 34.7 Å². The molecule has 2 aromatic heterocycles. The van der Waals surface area contributed by atoms with Crippen LogP contribution in [0.1, 0.15) is 63.6 Å². The molecule has 2 rings (SSSR count). The van der Waals surface area contributed by atoms with Crippen LogP contribution in [0.15, 0.2) is 48.2 Å². The number of aryl methyl sites for hydroxylation is 1. The Morgan fingerprint density at radius 3 is 2.44 bits per heavy atom. The first kappa shape index (κ1) is 25.0. The zero-order chi connectivity index (χ0) is 20.5. The van der Waals surface area contributed by atoms with Gasteiger partial charge in [0.05, 0.1) is 9.75 Å². The van der Waals surface area contributed by atoms with Crippen LogP contribution in [0.3, 0.4) is 0 Å². The quantitative estimate of drug-likeness (QED) is 0.456. The molecule has 0 aliphatic rings. The molecule has 0 bridgehead atoms. The Labute approximate surface area is 168 Å². The van der Waals surface area contributed by atoms with E-state index in [0.29, 0.717) is 0 Å². The first-order chi connectivity index (χ1) is 13.1. The summed E-state index contributed by atoms with van der Waals surface area (Å²) >= 11 is 1.47. The largest absolute Gasteiger partial charge is 0.397 e. The van der Waals surface area contributed by atoms with Gasteiger partial charge in [0, 0.05) is 19.3 Å². The van der Waals surface area contributed by atoms with Crippen molar-refractivity contribution in [3.05, 3.63) is 53.1 Å². The summed E-state index contributed by atoms with van der Waals surface area (Å²) in [7, 11) is 0. The Morgan fingerprint density at radius 1 is 1.26 bits per heavy atom. The summed E-state index contributed by atoms with van der Waals surface area (Å²) in [6.07, 6.45) is 13.0. The Balaban J connectivity index is 0.000000459. The third-order valence-electron chi connectivity index (χ3n) is 3.44. The summed E-state index contributed by atoms with van der Waals surface area (Å²) in [5.74, 6) is 0. The molecule has 0 saturated carbocycles. The fraction of sp³-hybridized carbons (Fsp3) is 0.455. The highest BCUT2D eigenvalue weighted by molar-refractivity contribution is 7.17. The summed E-state index contributed by atoms with van der Waals surface area (Å²) in [6, 6.07) is 5.71. The molecule has 0 saturated heterocycles. The number of thiophene rings is 1. The maximum atomic E-state index is 10.5. The van der Waals surface area contributed by atoms with Crippen LogP contribution in [0.5, 0.6) is 0 Å². The number of nitrogens with zero attached hydrogens (tertiary/aromatic N) is 2. The third-order valence-corrected chi connectivity index (χ3v) is 4.48. The average Bonchev–Trinajstić information content (AvgIpc) is 3.32. The van der Waals surface area contributed by atoms with Crippen LogP contribution in [-0.2, 0) is 6.54 Å². The highest BCUT2D eigenvalue weighted by atomic mass is 32.1.